The normalized spacial score (nSPS) is 12.8. The van der Waals surface area contributed by atoms with Crippen LogP contribution in [0.2, 0.25) is 0 Å². The molecule has 0 fully saturated rings. The van der Waals surface area contributed by atoms with Gasteiger partial charge in [-0.25, -0.2) is 15.0 Å². The second kappa shape index (κ2) is 9.08. The maximum absolute atomic E-state index is 12.5. The third kappa shape index (κ3) is 4.26. The first-order valence-corrected chi connectivity index (χ1v) is 9.51. The molecule has 2 heterocycles. The number of ether oxygens (including phenoxy) is 1. The smallest absolute Gasteiger partial charge is 0.256 e. The highest BCUT2D eigenvalue weighted by molar-refractivity contribution is 6.06. The summed E-state index contributed by atoms with van der Waals surface area (Å²) >= 11 is 0. The van der Waals surface area contributed by atoms with Crippen molar-refractivity contribution in [1.29, 1.82) is 0 Å². The van der Waals surface area contributed by atoms with E-state index in [2.05, 4.69) is 20.3 Å². The van der Waals surface area contributed by atoms with E-state index in [-0.39, 0.29) is 24.9 Å². The number of amides is 1. The van der Waals surface area contributed by atoms with Gasteiger partial charge in [0.25, 0.3) is 5.91 Å². The van der Waals surface area contributed by atoms with Gasteiger partial charge in [0.05, 0.1) is 25.1 Å². The molecule has 1 aromatic carbocycles. The summed E-state index contributed by atoms with van der Waals surface area (Å²) in [5, 5.41) is 22.4. The van der Waals surface area contributed by atoms with Crippen molar-refractivity contribution >= 4 is 22.9 Å². The highest BCUT2D eigenvalue weighted by Crippen LogP contribution is 2.28. The van der Waals surface area contributed by atoms with Crippen LogP contribution in [-0.4, -0.2) is 54.5 Å². The Morgan fingerprint density at radius 3 is 2.52 bits per heavy atom. The van der Waals surface area contributed by atoms with Crippen LogP contribution in [0.15, 0.2) is 43.0 Å². The molecule has 154 valence electrons. The number of anilines is 1. The van der Waals surface area contributed by atoms with Crippen molar-refractivity contribution in [2.24, 2.45) is 0 Å². The molecule has 0 saturated heterocycles. The summed E-state index contributed by atoms with van der Waals surface area (Å²) in [7, 11) is 0. The summed E-state index contributed by atoms with van der Waals surface area (Å²) in [6.45, 7) is 3.33. The molecule has 3 aromatic rings. The number of fused-ring (bicyclic) bond motifs is 1. The molecule has 1 amide bonds. The van der Waals surface area contributed by atoms with Crippen LogP contribution in [0.1, 0.15) is 43.3 Å². The Morgan fingerprint density at radius 2 is 1.90 bits per heavy atom. The van der Waals surface area contributed by atoms with Crippen LogP contribution in [0.25, 0.3) is 11.2 Å². The maximum Gasteiger partial charge on any atom is 0.256 e. The van der Waals surface area contributed by atoms with E-state index in [1.807, 2.05) is 19.9 Å². The number of carbonyl (C=O) groups is 1. The highest BCUT2D eigenvalue weighted by Gasteiger charge is 2.31. The Kier molecular flexibility index (Phi) is 6.53. The Morgan fingerprint density at radius 1 is 1.17 bits per heavy atom. The molecule has 9 nitrogen and oxygen atoms in total. The van der Waals surface area contributed by atoms with Crippen molar-refractivity contribution in [3.8, 4) is 0 Å². The molecule has 9 heteroatoms. The zero-order valence-electron chi connectivity index (χ0n) is 16.4. The van der Waals surface area contributed by atoms with Gasteiger partial charge in [0.2, 0.25) is 0 Å². The van der Waals surface area contributed by atoms with E-state index in [9.17, 15) is 15.0 Å². The molecule has 0 bridgehead atoms. The van der Waals surface area contributed by atoms with Crippen molar-refractivity contribution in [2.45, 2.75) is 38.5 Å². The van der Waals surface area contributed by atoms with Gasteiger partial charge in [-0.2, -0.15) is 0 Å². The Balaban J connectivity index is 1.91. The number of nitrogens with one attached hydrogen (secondary N) is 1. The highest BCUT2D eigenvalue weighted by atomic mass is 16.5. The molecule has 2 aromatic heterocycles. The second-order valence-corrected chi connectivity index (χ2v) is 6.67. The fraction of sp³-hybridized carbons (Fsp3) is 0.400. The predicted molar refractivity (Wildman–Crippen MR) is 107 cm³/mol. The molecule has 3 N–H and O–H groups in total. The molecule has 0 radical (unpaired) electrons. The third-order valence-corrected chi connectivity index (χ3v) is 5.06. The molecule has 3 rings (SSSR count). The molecule has 1 atom stereocenters. The van der Waals surface area contributed by atoms with E-state index in [1.165, 1.54) is 12.7 Å². The first-order chi connectivity index (χ1) is 14.1. The molecule has 0 aliphatic rings. The van der Waals surface area contributed by atoms with Crippen molar-refractivity contribution in [1.82, 2.24) is 19.5 Å². The lowest BCUT2D eigenvalue weighted by molar-refractivity contribution is -0.163. The summed E-state index contributed by atoms with van der Waals surface area (Å²) in [6, 6.07) is 8.78. The molecular weight excluding hydrogens is 374 g/mol. The van der Waals surface area contributed by atoms with Gasteiger partial charge in [-0.05, 0) is 25.0 Å². The van der Waals surface area contributed by atoms with Gasteiger partial charge in [-0.1, -0.05) is 32.0 Å². The van der Waals surface area contributed by atoms with Crippen molar-refractivity contribution in [3.63, 3.8) is 0 Å². The molecule has 0 aliphatic carbocycles. The zero-order chi connectivity index (χ0) is 20.9. The molecule has 0 unspecified atom stereocenters. The van der Waals surface area contributed by atoms with E-state index in [4.69, 9.17) is 4.74 Å². The fourth-order valence-electron chi connectivity index (χ4n) is 3.07. The first-order valence-electron chi connectivity index (χ1n) is 9.51. The number of hydrogen-bond acceptors (Lipinski definition) is 7. The van der Waals surface area contributed by atoms with Crippen LogP contribution in [-0.2, 0) is 4.74 Å². The fourth-order valence-corrected chi connectivity index (χ4v) is 3.07. The van der Waals surface area contributed by atoms with Gasteiger partial charge >= 0.3 is 0 Å². The van der Waals surface area contributed by atoms with Crippen molar-refractivity contribution in [2.75, 3.05) is 18.5 Å². The number of aromatic nitrogens is 4. The van der Waals surface area contributed by atoms with E-state index < -0.39 is 11.8 Å². The van der Waals surface area contributed by atoms with Crippen molar-refractivity contribution in [3.05, 3.63) is 48.5 Å². The van der Waals surface area contributed by atoms with E-state index >= 15 is 0 Å². The second-order valence-electron chi connectivity index (χ2n) is 6.67. The minimum absolute atomic E-state index is 0.170. The lowest BCUT2D eigenvalue weighted by Gasteiger charge is -2.34. The molecule has 0 saturated carbocycles. The van der Waals surface area contributed by atoms with E-state index in [1.54, 1.807) is 28.8 Å². The monoisotopic (exact) mass is 399 g/mol. The summed E-state index contributed by atoms with van der Waals surface area (Å²) in [5.74, 6) is -0.0509. The van der Waals surface area contributed by atoms with Gasteiger partial charge in [0, 0.05) is 5.56 Å². The Bertz CT molecular complexity index is 948. The maximum atomic E-state index is 12.5. The number of carbonyl (C=O) groups excluding carboxylic acids is 1. The van der Waals surface area contributed by atoms with Gasteiger partial charge in [-0.15, -0.1) is 0 Å². The molecular formula is C20H25N5O4. The molecule has 29 heavy (non-hydrogen) atoms. The van der Waals surface area contributed by atoms with Crippen LogP contribution in [0.3, 0.4) is 0 Å². The summed E-state index contributed by atoms with van der Waals surface area (Å²) in [4.78, 5) is 25.1. The average Bonchev–Trinajstić information content (AvgIpc) is 3.21. The molecule has 0 spiro atoms. The number of rotatable bonds is 9. The van der Waals surface area contributed by atoms with Gasteiger partial charge in [0.15, 0.2) is 23.2 Å². The molecule has 0 aliphatic heterocycles. The SMILES string of the molecule is CCC(CC)(CO)O[C@H](CO)n1cnc2c(NC(=O)c3ccccc3)ncnc21. The summed E-state index contributed by atoms with van der Waals surface area (Å²) in [6.07, 6.45) is 3.16. The predicted octanol–water partition coefficient (Wildman–Crippen LogP) is 2.14. The minimum atomic E-state index is -0.792. The van der Waals surface area contributed by atoms with Gasteiger partial charge < -0.3 is 20.3 Å². The number of aliphatic hydroxyl groups excluding tert-OH is 2. The average molecular weight is 399 g/mol. The number of aliphatic hydroxyl groups is 2. The van der Waals surface area contributed by atoms with Crippen LogP contribution < -0.4 is 5.32 Å². The van der Waals surface area contributed by atoms with Crippen molar-refractivity contribution < 1.29 is 19.7 Å². The van der Waals surface area contributed by atoms with Crippen LogP contribution in [0.4, 0.5) is 5.82 Å². The zero-order valence-corrected chi connectivity index (χ0v) is 16.4. The van der Waals surface area contributed by atoms with Crippen LogP contribution >= 0.6 is 0 Å². The third-order valence-electron chi connectivity index (χ3n) is 5.06. The van der Waals surface area contributed by atoms with Crippen LogP contribution in [0.5, 0.6) is 0 Å². The quantitative estimate of drug-likeness (QED) is 0.504. The first kappa shape index (κ1) is 20.8. The van der Waals surface area contributed by atoms with E-state index in [0.29, 0.717) is 29.6 Å². The van der Waals surface area contributed by atoms with Crippen LogP contribution in [0, 0.1) is 0 Å². The topological polar surface area (TPSA) is 122 Å². The van der Waals surface area contributed by atoms with Gasteiger partial charge in [0.1, 0.15) is 6.33 Å². The number of hydrogen-bond donors (Lipinski definition) is 3. The van der Waals surface area contributed by atoms with E-state index in [0.717, 1.165) is 0 Å². The summed E-state index contributed by atoms with van der Waals surface area (Å²) < 4.78 is 7.63. The Labute approximate surface area is 168 Å². The number of benzene rings is 1. The Hall–Kier alpha value is -2.88. The minimum Gasteiger partial charge on any atom is -0.393 e. The van der Waals surface area contributed by atoms with Gasteiger partial charge in [-0.3, -0.25) is 9.36 Å². The number of nitrogens with zero attached hydrogens (tertiary/aromatic N) is 4. The standard InChI is InChI=1S/C20H25N5O4/c1-3-20(4-2,11-27)29-15(10-26)25-13-23-16-17(21-12-22-18(16)25)24-19(28)14-8-6-5-7-9-14/h5-9,12-13,15,26-27H,3-4,10-11H2,1-2H3,(H,21,22,24,28)/t15-/m1/s1. The number of imidazole rings is 1. The summed E-state index contributed by atoms with van der Waals surface area (Å²) in [5.41, 5.74) is 0.498. The largest absolute Gasteiger partial charge is 0.393 e. The lowest BCUT2D eigenvalue weighted by Crippen LogP contribution is -2.39. The lowest BCUT2D eigenvalue weighted by atomic mass is 9.98.